The van der Waals surface area contributed by atoms with Crippen LogP contribution in [0.2, 0.25) is 0 Å². The molecule has 1 fully saturated rings. The number of pyridine rings is 1. The van der Waals surface area contributed by atoms with Gasteiger partial charge >= 0.3 is 5.97 Å². The van der Waals surface area contributed by atoms with Crippen molar-refractivity contribution in [1.29, 1.82) is 0 Å². The maximum atomic E-state index is 12.4. The molecule has 4 rings (SSSR count). The molecule has 0 spiro atoms. The summed E-state index contributed by atoms with van der Waals surface area (Å²) in [5.74, 6) is -0.171. The number of piperazine rings is 1. The smallest absolute Gasteiger partial charge is 0.359 e. The number of aryl methyl sites for hydroxylation is 1. The van der Waals surface area contributed by atoms with E-state index >= 15 is 0 Å². The Labute approximate surface area is 161 Å². The fourth-order valence-corrected chi connectivity index (χ4v) is 3.08. The maximum Gasteiger partial charge on any atom is 0.359 e. The van der Waals surface area contributed by atoms with E-state index in [0.717, 1.165) is 5.56 Å². The SMILES string of the molecule is Cc1ccn2cc(C(=O)OCC(=O)N3CCN(c4ncccn4)CC3)nc2c1. The van der Waals surface area contributed by atoms with Crippen molar-refractivity contribution in [3.05, 3.63) is 54.2 Å². The predicted octanol–water partition coefficient (Wildman–Crippen LogP) is 0.938. The van der Waals surface area contributed by atoms with Gasteiger partial charge in [0.2, 0.25) is 5.95 Å². The summed E-state index contributed by atoms with van der Waals surface area (Å²) in [6.07, 6.45) is 6.82. The molecule has 0 unspecified atom stereocenters. The van der Waals surface area contributed by atoms with E-state index in [1.165, 1.54) is 0 Å². The molecule has 0 aliphatic carbocycles. The maximum absolute atomic E-state index is 12.4. The molecule has 144 valence electrons. The Balaban J connectivity index is 1.30. The Morgan fingerprint density at radius 1 is 1.14 bits per heavy atom. The Morgan fingerprint density at radius 3 is 2.64 bits per heavy atom. The minimum absolute atomic E-state index is 0.185. The van der Waals surface area contributed by atoms with Gasteiger partial charge in [-0.15, -0.1) is 0 Å². The Hall–Kier alpha value is -3.49. The minimum Gasteiger partial charge on any atom is -0.451 e. The highest BCUT2D eigenvalue weighted by Crippen LogP contribution is 2.11. The molecule has 0 N–H and O–H groups in total. The summed E-state index contributed by atoms with van der Waals surface area (Å²) in [4.78, 5) is 41.0. The first-order valence-electron chi connectivity index (χ1n) is 9.02. The number of carbonyl (C=O) groups is 2. The lowest BCUT2D eigenvalue weighted by atomic mass is 10.3. The first-order valence-corrected chi connectivity index (χ1v) is 9.02. The summed E-state index contributed by atoms with van der Waals surface area (Å²) < 4.78 is 6.92. The summed E-state index contributed by atoms with van der Waals surface area (Å²) in [7, 11) is 0. The van der Waals surface area contributed by atoms with Crippen molar-refractivity contribution in [3.63, 3.8) is 0 Å². The molecule has 1 saturated heterocycles. The van der Waals surface area contributed by atoms with E-state index in [1.54, 1.807) is 34.0 Å². The number of ether oxygens (including phenoxy) is 1. The minimum atomic E-state index is -0.606. The van der Waals surface area contributed by atoms with E-state index in [9.17, 15) is 9.59 Å². The van der Waals surface area contributed by atoms with Crippen molar-refractivity contribution in [3.8, 4) is 0 Å². The van der Waals surface area contributed by atoms with E-state index in [2.05, 4.69) is 15.0 Å². The van der Waals surface area contributed by atoms with Gasteiger partial charge in [0.15, 0.2) is 12.3 Å². The van der Waals surface area contributed by atoms with Crippen LogP contribution in [0.4, 0.5) is 5.95 Å². The van der Waals surface area contributed by atoms with Crippen LogP contribution in [0.15, 0.2) is 43.0 Å². The number of rotatable bonds is 4. The lowest BCUT2D eigenvalue weighted by molar-refractivity contribution is -0.134. The van der Waals surface area contributed by atoms with Gasteiger partial charge < -0.3 is 18.9 Å². The van der Waals surface area contributed by atoms with E-state index in [-0.39, 0.29) is 18.2 Å². The van der Waals surface area contributed by atoms with Gasteiger partial charge in [-0.1, -0.05) is 0 Å². The number of esters is 1. The molecule has 1 amide bonds. The van der Waals surface area contributed by atoms with Crippen LogP contribution >= 0.6 is 0 Å². The fraction of sp³-hybridized carbons (Fsp3) is 0.316. The number of anilines is 1. The molecule has 3 aromatic heterocycles. The molecule has 1 aliphatic rings. The molecule has 0 saturated carbocycles. The molecule has 0 aromatic carbocycles. The van der Waals surface area contributed by atoms with Crippen LogP contribution in [-0.4, -0.2) is 68.9 Å². The number of hydrogen-bond donors (Lipinski definition) is 0. The predicted molar refractivity (Wildman–Crippen MR) is 101 cm³/mol. The summed E-state index contributed by atoms with van der Waals surface area (Å²) in [5, 5.41) is 0. The molecular formula is C19H20N6O3. The van der Waals surface area contributed by atoms with Crippen LogP contribution in [0.25, 0.3) is 5.65 Å². The fourth-order valence-electron chi connectivity index (χ4n) is 3.08. The van der Waals surface area contributed by atoms with Gasteiger partial charge in [0, 0.05) is 51.0 Å². The van der Waals surface area contributed by atoms with Crippen molar-refractivity contribution < 1.29 is 14.3 Å². The summed E-state index contributed by atoms with van der Waals surface area (Å²) >= 11 is 0. The van der Waals surface area contributed by atoms with E-state index < -0.39 is 5.97 Å². The second-order valence-electron chi connectivity index (χ2n) is 6.59. The zero-order valence-corrected chi connectivity index (χ0v) is 15.5. The van der Waals surface area contributed by atoms with Gasteiger partial charge in [0.25, 0.3) is 5.91 Å². The molecule has 28 heavy (non-hydrogen) atoms. The third-order valence-corrected chi connectivity index (χ3v) is 4.62. The largest absolute Gasteiger partial charge is 0.451 e. The lowest BCUT2D eigenvalue weighted by Gasteiger charge is -2.34. The molecular weight excluding hydrogens is 360 g/mol. The second-order valence-corrected chi connectivity index (χ2v) is 6.59. The van der Waals surface area contributed by atoms with Crippen LogP contribution in [0.5, 0.6) is 0 Å². The molecule has 9 nitrogen and oxygen atoms in total. The monoisotopic (exact) mass is 380 g/mol. The first kappa shape index (κ1) is 17.9. The third-order valence-electron chi connectivity index (χ3n) is 4.62. The first-order chi connectivity index (χ1) is 13.6. The second kappa shape index (κ2) is 7.63. The molecule has 0 bridgehead atoms. The summed E-state index contributed by atoms with van der Waals surface area (Å²) in [5.41, 5.74) is 1.90. The number of fused-ring (bicyclic) bond motifs is 1. The zero-order chi connectivity index (χ0) is 19.5. The number of imidazole rings is 1. The van der Waals surface area contributed by atoms with Crippen LogP contribution in [0.3, 0.4) is 0 Å². The third kappa shape index (κ3) is 3.78. The number of hydrogen-bond acceptors (Lipinski definition) is 7. The Bertz CT molecular complexity index is 995. The Morgan fingerprint density at radius 2 is 1.89 bits per heavy atom. The van der Waals surface area contributed by atoms with Crippen LogP contribution < -0.4 is 4.90 Å². The van der Waals surface area contributed by atoms with Crippen LogP contribution in [-0.2, 0) is 9.53 Å². The zero-order valence-electron chi connectivity index (χ0n) is 15.5. The van der Waals surface area contributed by atoms with Gasteiger partial charge in [-0.25, -0.2) is 19.7 Å². The van der Waals surface area contributed by atoms with Crippen molar-refractivity contribution >= 4 is 23.5 Å². The van der Waals surface area contributed by atoms with E-state index in [1.807, 2.05) is 30.2 Å². The standard InChI is InChI=1S/C19H20N6O3/c1-14-3-6-25-12-15(22-16(25)11-14)18(27)28-13-17(26)23-7-9-24(10-8-23)19-20-4-2-5-21-19/h2-6,11-12H,7-10,13H2,1H3. The van der Waals surface area contributed by atoms with E-state index in [0.29, 0.717) is 37.8 Å². The van der Waals surface area contributed by atoms with Crippen LogP contribution in [0, 0.1) is 6.92 Å². The quantitative estimate of drug-likeness (QED) is 0.622. The normalized spacial score (nSPS) is 14.3. The number of amides is 1. The van der Waals surface area contributed by atoms with Crippen LogP contribution in [0.1, 0.15) is 16.1 Å². The highest BCUT2D eigenvalue weighted by Gasteiger charge is 2.23. The van der Waals surface area contributed by atoms with Crippen molar-refractivity contribution in [2.75, 3.05) is 37.7 Å². The van der Waals surface area contributed by atoms with Gasteiger partial charge in [-0.2, -0.15) is 0 Å². The average Bonchev–Trinajstić information content (AvgIpc) is 3.16. The topological polar surface area (TPSA) is 92.9 Å². The van der Waals surface area contributed by atoms with Gasteiger partial charge in [0.05, 0.1) is 0 Å². The van der Waals surface area contributed by atoms with Gasteiger partial charge in [-0.3, -0.25) is 4.79 Å². The molecule has 1 aliphatic heterocycles. The highest BCUT2D eigenvalue weighted by molar-refractivity contribution is 5.90. The molecule has 4 heterocycles. The number of aromatic nitrogens is 4. The average molecular weight is 380 g/mol. The summed E-state index contributed by atoms with van der Waals surface area (Å²) in [6, 6.07) is 5.56. The molecule has 3 aromatic rings. The lowest BCUT2D eigenvalue weighted by Crippen LogP contribution is -2.50. The van der Waals surface area contributed by atoms with E-state index in [4.69, 9.17) is 4.74 Å². The molecule has 0 radical (unpaired) electrons. The van der Waals surface area contributed by atoms with Crippen molar-refractivity contribution in [2.45, 2.75) is 6.92 Å². The van der Waals surface area contributed by atoms with Crippen molar-refractivity contribution in [1.82, 2.24) is 24.3 Å². The number of carbonyl (C=O) groups excluding carboxylic acids is 2. The van der Waals surface area contributed by atoms with Gasteiger partial charge in [0.1, 0.15) is 5.65 Å². The summed E-state index contributed by atoms with van der Waals surface area (Å²) in [6.45, 7) is 3.98. The van der Waals surface area contributed by atoms with Crippen molar-refractivity contribution in [2.24, 2.45) is 0 Å². The van der Waals surface area contributed by atoms with Gasteiger partial charge in [-0.05, 0) is 30.7 Å². The molecule has 9 heteroatoms. The number of nitrogens with zero attached hydrogens (tertiary/aromatic N) is 6. The highest BCUT2D eigenvalue weighted by atomic mass is 16.5. The Kier molecular flexibility index (Phi) is 4.88. The molecule has 0 atom stereocenters.